The van der Waals surface area contributed by atoms with Gasteiger partial charge < -0.3 is 9.80 Å². The Morgan fingerprint density at radius 2 is 2.21 bits per heavy atom. The van der Waals surface area contributed by atoms with E-state index in [1.807, 2.05) is 19.0 Å². The first kappa shape index (κ1) is 14.2. The smallest absolute Gasteiger partial charge is 0.241 e. The van der Waals surface area contributed by atoms with E-state index >= 15 is 0 Å². The zero-order valence-corrected chi connectivity index (χ0v) is 12.1. The van der Waals surface area contributed by atoms with Crippen LogP contribution in [0.2, 0.25) is 0 Å². The SMILES string of the molecule is CN(C)[C@H]1CCCN(c2ncccc2S(N)(=O)=O)C1. The van der Waals surface area contributed by atoms with Gasteiger partial charge in [-0.2, -0.15) is 0 Å². The third-order valence-corrected chi connectivity index (χ3v) is 4.42. The quantitative estimate of drug-likeness (QED) is 0.861. The summed E-state index contributed by atoms with van der Waals surface area (Å²) in [4.78, 5) is 8.48. The molecule has 1 fully saturated rings. The maximum atomic E-state index is 11.6. The van der Waals surface area contributed by atoms with Gasteiger partial charge in [-0.05, 0) is 39.1 Å². The van der Waals surface area contributed by atoms with Crippen LogP contribution in [0.15, 0.2) is 23.2 Å². The van der Waals surface area contributed by atoms with Gasteiger partial charge in [-0.3, -0.25) is 0 Å². The van der Waals surface area contributed by atoms with E-state index in [1.165, 1.54) is 6.07 Å². The summed E-state index contributed by atoms with van der Waals surface area (Å²) in [5.41, 5.74) is 0. The fourth-order valence-corrected chi connectivity index (χ4v) is 3.11. The predicted octanol–water partition coefficient (Wildman–Crippen LogP) is 0.259. The molecule has 7 heteroatoms. The molecule has 6 nitrogen and oxygen atoms in total. The number of hydrogen-bond donors (Lipinski definition) is 1. The Labute approximate surface area is 114 Å². The number of rotatable bonds is 3. The van der Waals surface area contributed by atoms with Gasteiger partial charge in [0.05, 0.1) is 0 Å². The highest BCUT2D eigenvalue weighted by atomic mass is 32.2. The number of piperidine rings is 1. The molecular formula is C12H20N4O2S. The number of primary sulfonamides is 1. The van der Waals surface area contributed by atoms with E-state index in [9.17, 15) is 8.42 Å². The molecule has 2 N–H and O–H groups in total. The largest absolute Gasteiger partial charge is 0.354 e. The van der Waals surface area contributed by atoms with Crippen molar-refractivity contribution in [1.82, 2.24) is 9.88 Å². The summed E-state index contributed by atoms with van der Waals surface area (Å²) in [7, 11) is 0.331. The van der Waals surface area contributed by atoms with Crippen LogP contribution in [0.3, 0.4) is 0 Å². The molecule has 106 valence electrons. The molecule has 1 aromatic heterocycles. The van der Waals surface area contributed by atoms with Crippen molar-refractivity contribution >= 4 is 15.8 Å². The lowest BCUT2D eigenvalue weighted by Crippen LogP contribution is -2.46. The minimum atomic E-state index is -3.74. The third-order valence-electron chi connectivity index (χ3n) is 3.48. The first-order valence-electron chi connectivity index (χ1n) is 6.29. The molecule has 0 bridgehead atoms. The van der Waals surface area contributed by atoms with Gasteiger partial charge in [0.1, 0.15) is 10.7 Å². The summed E-state index contributed by atoms with van der Waals surface area (Å²) in [6.07, 6.45) is 3.73. The summed E-state index contributed by atoms with van der Waals surface area (Å²) >= 11 is 0. The molecule has 0 aromatic carbocycles. The van der Waals surface area contributed by atoms with E-state index in [2.05, 4.69) is 9.88 Å². The summed E-state index contributed by atoms with van der Waals surface area (Å²) in [6.45, 7) is 1.58. The second-order valence-electron chi connectivity index (χ2n) is 5.08. The minimum absolute atomic E-state index is 0.106. The van der Waals surface area contributed by atoms with Crippen molar-refractivity contribution in [3.05, 3.63) is 18.3 Å². The number of likely N-dealkylation sites (N-methyl/N-ethyl adjacent to an activating group) is 1. The summed E-state index contributed by atoms with van der Waals surface area (Å²) in [5.74, 6) is 0.469. The first-order chi connectivity index (χ1) is 8.89. The lowest BCUT2D eigenvalue weighted by atomic mass is 10.1. The van der Waals surface area contributed by atoms with E-state index in [4.69, 9.17) is 5.14 Å². The van der Waals surface area contributed by atoms with E-state index in [-0.39, 0.29) is 4.90 Å². The fourth-order valence-electron chi connectivity index (χ4n) is 2.41. The molecular weight excluding hydrogens is 264 g/mol. The van der Waals surface area contributed by atoms with Crippen molar-refractivity contribution < 1.29 is 8.42 Å². The number of hydrogen-bond acceptors (Lipinski definition) is 5. The number of nitrogens with zero attached hydrogens (tertiary/aromatic N) is 3. The molecule has 0 unspecified atom stereocenters. The lowest BCUT2D eigenvalue weighted by Gasteiger charge is -2.37. The molecule has 0 spiro atoms. The van der Waals surface area contributed by atoms with Crippen LogP contribution < -0.4 is 10.0 Å². The van der Waals surface area contributed by atoms with Crippen molar-refractivity contribution in [2.45, 2.75) is 23.8 Å². The van der Waals surface area contributed by atoms with Gasteiger partial charge in [0.25, 0.3) is 0 Å². The number of aromatic nitrogens is 1. The van der Waals surface area contributed by atoms with Crippen molar-refractivity contribution in [3.8, 4) is 0 Å². The molecule has 1 aliphatic heterocycles. The van der Waals surface area contributed by atoms with Gasteiger partial charge in [0, 0.05) is 25.3 Å². The van der Waals surface area contributed by atoms with Crippen LogP contribution in [0, 0.1) is 0 Å². The molecule has 0 amide bonds. The Morgan fingerprint density at radius 3 is 2.84 bits per heavy atom. The highest BCUT2D eigenvalue weighted by molar-refractivity contribution is 7.89. The number of sulfonamides is 1. The molecule has 0 saturated carbocycles. The average molecular weight is 284 g/mol. The number of nitrogens with two attached hydrogens (primary N) is 1. The maximum absolute atomic E-state index is 11.6. The third kappa shape index (κ3) is 3.23. The summed E-state index contributed by atoms with van der Waals surface area (Å²) in [6, 6.07) is 3.51. The highest BCUT2D eigenvalue weighted by Crippen LogP contribution is 2.25. The van der Waals surface area contributed by atoms with Crippen molar-refractivity contribution in [2.24, 2.45) is 5.14 Å². The van der Waals surface area contributed by atoms with Crippen molar-refractivity contribution in [2.75, 3.05) is 32.1 Å². The van der Waals surface area contributed by atoms with E-state index < -0.39 is 10.0 Å². The van der Waals surface area contributed by atoms with Crippen molar-refractivity contribution in [3.63, 3.8) is 0 Å². The van der Waals surface area contributed by atoms with E-state index in [1.54, 1.807) is 12.3 Å². The Kier molecular flexibility index (Phi) is 4.07. The monoisotopic (exact) mass is 284 g/mol. The molecule has 2 rings (SSSR count). The fraction of sp³-hybridized carbons (Fsp3) is 0.583. The van der Waals surface area contributed by atoms with Crippen LogP contribution in [0.1, 0.15) is 12.8 Å². The molecule has 19 heavy (non-hydrogen) atoms. The molecule has 0 radical (unpaired) electrons. The van der Waals surface area contributed by atoms with Gasteiger partial charge in [-0.25, -0.2) is 18.5 Å². The standard InChI is InChI=1S/C12H20N4O2S/c1-15(2)10-5-4-8-16(9-10)12-11(19(13,17)18)6-3-7-14-12/h3,6-7,10H,4-5,8-9H2,1-2H3,(H2,13,17,18)/t10-/m0/s1. The van der Waals surface area contributed by atoms with Gasteiger partial charge in [-0.15, -0.1) is 0 Å². The van der Waals surface area contributed by atoms with Gasteiger partial charge in [0.15, 0.2) is 0 Å². The average Bonchev–Trinajstić information content (AvgIpc) is 2.38. The summed E-state index contributed by atoms with van der Waals surface area (Å²) in [5, 5.41) is 5.25. The van der Waals surface area contributed by atoms with Gasteiger partial charge in [-0.1, -0.05) is 0 Å². The second kappa shape index (κ2) is 5.44. The molecule has 1 atom stereocenters. The number of pyridine rings is 1. The molecule has 1 saturated heterocycles. The summed E-state index contributed by atoms with van der Waals surface area (Å²) < 4.78 is 23.2. The number of anilines is 1. The Morgan fingerprint density at radius 1 is 1.47 bits per heavy atom. The van der Waals surface area contributed by atoms with Crippen molar-refractivity contribution in [1.29, 1.82) is 0 Å². The zero-order chi connectivity index (χ0) is 14.0. The predicted molar refractivity (Wildman–Crippen MR) is 74.5 cm³/mol. The van der Waals surface area contributed by atoms with Crippen LogP contribution in [-0.2, 0) is 10.0 Å². The Hall–Kier alpha value is -1.18. The van der Waals surface area contributed by atoms with Crippen LogP contribution in [-0.4, -0.2) is 51.5 Å². The highest BCUT2D eigenvalue weighted by Gasteiger charge is 2.26. The van der Waals surface area contributed by atoms with Crippen LogP contribution in [0.5, 0.6) is 0 Å². The zero-order valence-electron chi connectivity index (χ0n) is 11.3. The lowest BCUT2D eigenvalue weighted by molar-refractivity contribution is 0.257. The van der Waals surface area contributed by atoms with Crippen LogP contribution in [0.25, 0.3) is 0 Å². The Bertz CT molecular complexity index is 544. The molecule has 1 aliphatic rings. The van der Waals surface area contributed by atoms with Gasteiger partial charge in [0.2, 0.25) is 10.0 Å². The topological polar surface area (TPSA) is 79.5 Å². The van der Waals surface area contributed by atoms with Gasteiger partial charge >= 0.3 is 0 Å². The second-order valence-corrected chi connectivity index (χ2v) is 6.61. The van der Waals surface area contributed by atoms with Crippen LogP contribution in [0.4, 0.5) is 5.82 Å². The molecule has 1 aromatic rings. The molecule has 0 aliphatic carbocycles. The first-order valence-corrected chi connectivity index (χ1v) is 7.83. The van der Waals surface area contributed by atoms with Crippen LogP contribution >= 0.6 is 0 Å². The Balaban J connectivity index is 2.32. The molecule has 2 heterocycles. The van der Waals surface area contributed by atoms with E-state index in [0.29, 0.717) is 11.9 Å². The normalized spacial score (nSPS) is 20.8. The maximum Gasteiger partial charge on any atom is 0.241 e. The minimum Gasteiger partial charge on any atom is -0.354 e. The van der Waals surface area contributed by atoms with E-state index in [0.717, 1.165) is 25.9 Å².